The lowest BCUT2D eigenvalue weighted by Crippen LogP contribution is -2.25. The fourth-order valence-corrected chi connectivity index (χ4v) is 4.33. The Bertz CT molecular complexity index is 974. The maximum Gasteiger partial charge on any atom is 0.261 e. The van der Waals surface area contributed by atoms with Crippen molar-refractivity contribution in [3.63, 3.8) is 0 Å². The fourth-order valence-electron chi connectivity index (χ4n) is 2.74. The number of benzene rings is 2. The summed E-state index contributed by atoms with van der Waals surface area (Å²) in [4.78, 5) is 12.4. The van der Waals surface area contributed by atoms with Gasteiger partial charge < -0.3 is 10.1 Å². The largest absolute Gasteiger partial charge is 0.381 e. The van der Waals surface area contributed by atoms with Crippen LogP contribution in [0.4, 0.5) is 5.69 Å². The molecule has 2 aromatic carbocycles. The molecular weight excluding hydrogens is 456 g/mol. The summed E-state index contributed by atoms with van der Waals surface area (Å²) in [6.07, 6.45) is 3.23. The zero-order chi connectivity index (χ0) is 20.9. The summed E-state index contributed by atoms with van der Waals surface area (Å²) < 4.78 is 34.3. The predicted molar refractivity (Wildman–Crippen MR) is 117 cm³/mol. The van der Waals surface area contributed by atoms with Crippen molar-refractivity contribution >= 4 is 37.5 Å². The van der Waals surface area contributed by atoms with Crippen LogP contribution in [0.15, 0.2) is 51.8 Å². The van der Waals surface area contributed by atoms with E-state index >= 15 is 0 Å². The topological polar surface area (TPSA) is 84.5 Å². The molecule has 1 aliphatic rings. The summed E-state index contributed by atoms with van der Waals surface area (Å²) in [5.74, 6) is 0.421. The zero-order valence-electron chi connectivity index (χ0n) is 16.3. The Hall–Kier alpha value is -1.90. The molecule has 6 nitrogen and oxygen atoms in total. The summed E-state index contributed by atoms with van der Waals surface area (Å²) in [5, 5.41) is 2.81. The van der Waals surface area contributed by atoms with Crippen LogP contribution < -0.4 is 10.0 Å². The molecule has 1 saturated carbocycles. The number of anilines is 1. The molecule has 0 aliphatic heterocycles. The molecule has 0 heterocycles. The highest BCUT2D eigenvalue weighted by Crippen LogP contribution is 2.28. The first-order valence-corrected chi connectivity index (χ1v) is 11.9. The smallest absolute Gasteiger partial charge is 0.261 e. The molecule has 156 valence electrons. The van der Waals surface area contributed by atoms with Crippen LogP contribution in [0.5, 0.6) is 0 Å². The summed E-state index contributed by atoms with van der Waals surface area (Å²) in [5.41, 5.74) is 1.68. The minimum absolute atomic E-state index is 0.0336. The lowest BCUT2D eigenvalue weighted by Gasteiger charge is -2.12. The highest BCUT2D eigenvalue weighted by atomic mass is 79.9. The Kier molecular flexibility index (Phi) is 7.32. The van der Waals surface area contributed by atoms with Gasteiger partial charge in [0.25, 0.3) is 15.9 Å². The van der Waals surface area contributed by atoms with E-state index in [1.54, 1.807) is 24.3 Å². The van der Waals surface area contributed by atoms with Gasteiger partial charge in [0.2, 0.25) is 0 Å². The van der Waals surface area contributed by atoms with Crippen molar-refractivity contribution in [3.05, 3.63) is 58.1 Å². The van der Waals surface area contributed by atoms with Gasteiger partial charge in [0.05, 0.1) is 10.6 Å². The molecule has 1 aliphatic carbocycles. The standard InChI is InChI=1S/C21H25BrN2O4S/c1-15-6-9-19(22)20(12-15)24-29(26,27)18-5-2-4-17(13-18)21(25)23-10-3-11-28-14-16-7-8-16/h2,4-6,9,12-13,16,24H,3,7-8,10-11,14H2,1H3,(H,23,25). The SMILES string of the molecule is Cc1ccc(Br)c(NS(=O)(=O)c2cccc(C(=O)NCCCOCC3CC3)c2)c1. The number of halogens is 1. The number of hydrogen-bond donors (Lipinski definition) is 2. The fraction of sp³-hybridized carbons (Fsp3) is 0.381. The van der Waals surface area contributed by atoms with E-state index in [1.165, 1.54) is 25.0 Å². The van der Waals surface area contributed by atoms with E-state index in [1.807, 2.05) is 13.0 Å². The first kappa shape index (κ1) is 21.8. The van der Waals surface area contributed by atoms with Crippen molar-refractivity contribution in [2.24, 2.45) is 5.92 Å². The number of sulfonamides is 1. The predicted octanol–water partition coefficient (Wildman–Crippen LogP) is 4.10. The van der Waals surface area contributed by atoms with Gasteiger partial charge in [-0.15, -0.1) is 0 Å². The van der Waals surface area contributed by atoms with Crippen LogP contribution in [0.3, 0.4) is 0 Å². The highest BCUT2D eigenvalue weighted by molar-refractivity contribution is 9.10. The van der Waals surface area contributed by atoms with Gasteiger partial charge >= 0.3 is 0 Å². The third-order valence-corrected chi connectivity index (χ3v) is 6.63. The van der Waals surface area contributed by atoms with Crippen molar-refractivity contribution in [3.8, 4) is 0 Å². The van der Waals surface area contributed by atoms with E-state index in [-0.39, 0.29) is 10.8 Å². The summed E-state index contributed by atoms with van der Waals surface area (Å²) in [7, 11) is -3.82. The second-order valence-corrected chi connectivity index (χ2v) is 9.78. The lowest BCUT2D eigenvalue weighted by molar-refractivity contribution is 0.0937. The molecular formula is C21H25BrN2O4S. The number of aryl methyl sites for hydroxylation is 1. The monoisotopic (exact) mass is 480 g/mol. The van der Waals surface area contributed by atoms with Crippen molar-refractivity contribution in [2.75, 3.05) is 24.5 Å². The second kappa shape index (κ2) is 9.73. The van der Waals surface area contributed by atoms with Gasteiger partial charge in [-0.1, -0.05) is 12.1 Å². The molecule has 0 bridgehead atoms. The quantitative estimate of drug-likeness (QED) is 0.501. The molecule has 0 spiro atoms. The van der Waals surface area contributed by atoms with Crippen molar-refractivity contribution in [1.29, 1.82) is 0 Å². The number of amides is 1. The molecule has 0 aromatic heterocycles. The van der Waals surface area contributed by atoms with E-state index in [4.69, 9.17) is 4.74 Å². The maximum absolute atomic E-state index is 12.8. The second-order valence-electron chi connectivity index (χ2n) is 7.24. The van der Waals surface area contributed by atoms with Crippen LogP contribution in [0, 0.1) is 12.8 Å². The van der Waals surface area contributed by atoms with E-state index in [0.29, 0.717) is 28.9 Å². The molecule has 0 radical (unpaired) electrons. The van der Waals surface area contributed by atoms with Gasteiger partial charge in [-0.2, -0.15) is 0 Å². The number of nitrogens with one attached hydrogen (secondary N) is 2. The van der Waals surface area contributed by atoms with Gasteiger partial charge in [0.1, 0.15) is 0 Å². The van der Waals surface area contributed by atoms with Crippen LogP contribution in [0.1, 0.15) is 35.2 Å². The van der Waals surface area contributed by atoms with Gasteiger partial charge in [-0.25, -0.2) is 8.42 Å². The third kappa shape index (κ3) is 6.55. The maximum atomic E-state index is 12.8. The minimum atomic E-state index is -3.82. The first-order valence-electron chi connectivity index (χ1n) is 9.60. The number of rotatable bonds is 10. The molecule has 3 rings (SSSR count). The van der Waals surface area contributed by atoms with Crippen LogP contribution >= 0.6 is 15.9 Å². The summed E-state index contributed by atoms with van der Waals surface area (Å²) >= 11 is 3.35. The molecule has 0 unspecified atom stereocenters. The number of ether oxygens (including phenoxy) is 1. The Morgan fingerprint density at radius 2 is 2.00 bits per heavy atom. The average molecular weight is 481 g/mol. The lowest BCUT2D eigenvalue weighted by atomic mass is 10.2. The molecule has 0 atom stereocenters. The van der Waals surface area contributed by atoms with Gasteiger partial charge in [-0.3, -0.25) is 9.52 Å². The Balaban J connectivity index is 1.58. The molecule has 2 aromatic rings. The number of carbonyl (C=O) groups excluding carboxylic acids is 1. The summed E-state index contributed by atoms with van der Waals surface area (Å²) in [6, 6.07) is 11.4. The summed E-state index contributed by atoms with van der Waals surface area (Å²) in [6.45, 7) is 3.78. The van der Waals surface area contributed by atoms with E-state index in [9.17, 15) is 13.2 Å². The van der Waals surface area contributed by atoms with E-state index in [2.05, 4.69) is 26.0 Å². The number of hydrogen-bond acceptors (Lipinski definition) is 4. The highest BCUT2D eigenvalue weighted by Gasteiger charge is 2.21. The van der Waals surface area contributed by atoms with Crippen LogP contribution in [-0.2, 0) is 14.8 Å². The molecule has 2 N–H and O–H groups in total. The molecule has 8 heteroatoms. The van der Waals surface area contributed by atoms with E-state index in [0.717, 1.165) is 24.5 Å². The van der Waals surface area contributed by atoms with E-state index < -0.39 is 10.0 Å². The molecule has 29 heavy (non-hydrogen) atoms. The van der Waals surface area contributed by atoms with Crippen LogP contribution in [0.2, 0.25) is 0 Å². The van der Waals surface area contributed by atoms with Crippen LogP contribution in [-0.4, -0.2) is 34.1 Å². The Morgan fingerprint density at radius 3 is 2.76 bits per heavy atom. The van der Waals surface area contributed by atoms with Crippen LogP contribution in [0.25, 0.3) is 0 Å². The van der Waals surface area contributed by atoms with Gasteiger partial charge in [0, 0.05) is 29.8 Å². The zero-order valence-corrected chi connectivity index (χ0v) is 18.7. The molecule has 1 fully saturated rings. The first-order chi connectivity index (χ1) is 13.8. The van der Waals surface area contributed by atoms with Crippen molar-refractivity contribution < 1.29 is 17.9 Å². The van der Waals surface area contributed by atoms with Gasteiger partial charge in [0.15, 0.2) is 0 Å². The van der Waals surface area contributed by atoms with Gasteiger partial charge in [-0.05, 0) is 83.9 Å². The normalized spacial score (nSPS) is 13.9. The Morgan fingerprint density at radius 1 is 1.21 bits per heavy atom. The minimum Gasteiger partial charge on any atom is -0.381 e. The van der Waals surface area contributed by atoms with Crippen molar-refractivity contribution in [2.45, 2.75) is 31.1 Å². The molecule has 1 amide bonds. The Labute approximate surface area is 180 Å². The average Bonchev–Trinajstić information content (AvgIpc) is 3.51. The third-order valence-electron chi connectivity index (χ3n) is 4.57. The molecule has 0 saturated heterocycles. The number of carbonyl (C=O) groups is 1. The van der Waals surface area contributed by atoms with Crippen molar-refractivity contribution in [1.82, 2.24) is 5.32 Å².